The number of nitrogens with one attached hydrogen (secondary N) is 1. The Bertz CT molecular complexity index is 478. The Kier molecular flexibility index (Phi) is 4.12. The number of imidazole rings is 1. The number of aryl methyl sites for hydroxylation is 1. The molecule has 0 saturated carbocycles. The molecule has 0 spiro atoms. The molecule has 1 heterocycles. The molecule has 0 aliphatic rings. The predicted molar refractivity (Wildman–Crippen MR) is 68.8 cm³/mol. The van der Waals surface area contributed by atoms with Gasteiger partial charge in [0.2, 0.25) is 0 Å². The molecule has 17 heavy (non-hydrogen) atoms. The van der Waals surface area contributed by atoms with E-state index in [9.17, 15) is 0 Å². The van der Waals surface area contributed by atoms with Crippen LogP contribution in [0.15, 0.2) is 24.3 Å². The van der Waals surface area contributed by atoms with Gasteiger partial charge in [-0.15, -0.1) is 0 Å². The number of hydrogen-bond donors (Lipinski definition) is 2. The second kappa shape index (κ2) is 5.80. The first-order chi connectivity index (χ1) is 8.36. The maximum absolute atomic E-state index is 8.77. The summed E-state index contributed by atoms with van der Waals surface area (Å²) in [5, 5.41) is 11.9. The zero-order valence-corrected chi connectivity index (χ0v) is 10.2. The lowest BCUT2D eigenvalue weighted by molar-refractivity contribution is 0.291. The molecular formula is C13H19N3O. The molecule has 0 fully saturated rings. The van der Waals surface area contributed by atoms with Gasteiger partial charge in [-0.05, 0) is 18.6 Å². The van der Waals surface area contributed by atoms with Crippen molar-refractivity contribution in [3.05, 3.63) is 30.1 Å². The molecule has 2 N–H and O–H groups in total. The second-order valence-corrected chi connectivity index (χ2v) is 4.07. The largest absolute Gasteiger partial charge is 0.395 e. The van der Waals surface area contributed by atoms with E-state index in [4.69, 9.17) is 5.11 Å². The molecule has 0 amide bonds. The number of aliphatic hydroxyl groups is 1. The molecule has 4 heteroatoms. The van der Waals surface area contributed by atoms with Crippen LogP contribution in [0.3, 0.4) is 0 Å². The summed E-state index contributed by atoms with van der Waals surface area (Å²) in [6, 6.07) is 8.20. The number of para-hydroxylation sites is 2. The number of rotatable bonds is 6. The zero-order chi connectivity index (χ0) is 12.1. The fraction of sp³-hybridized carbons (Fsp3) is 0.462. The van der Waals surface area contributed by atoms with Gasteiger partial charge in [-0.1, -0.05) is 19.1 Å². The van der Waals surface area contributed by atoms with Gasteiger partial charge in [0.15, 0.2) is 0 Å². The summed E-state index contributed by atoms with van der Waals surface area (Å²) in [5.74, 6) is 1.04. The topological polar surface area (TPSA) is 50.1 Å². The molecule has 1 aromatic carbocycles. The third kappa shape index (κ3) is 2.65. The Hall–Kier alpha value is -1.39. The van der Waals surface area contributed by atoms with Crippen molar-refractivity contribution in [1.82, 2.24) is 14.9 Å². The number of fused-ring (bicyclic) bond motifs is 1. The average Bonchev–Trinajstić information content (AvgIpc) is 2.69. The maximum Gasteiger partial charge on any atom is 0.123 e. The fourth-order valence-electron chi connectivity index (χ4n) is 2.01. The maximum atomic E-state index is 8.77. The summed E-state index contributed by atoms with van der Waals surface area (Å²) in [6.07, 6.45) is 1.09. The van der Waals surface area contributed by atoms with Crippen LogP contribution in [-0.4, -0.2) is 27.8 Å². The van der Waals surface area contributed by atoms with Crippen LogP contribution < -0.4 is 5.32 Å². The van der Waals surface area contributed by atoms with Crippen molar-refractivity contribution < 1.29 is 5.11 Å². The van der Waals surface area contributed by atoms with Crippen molar-refractivity contribution in [3.8, 4) is 0 Å². The van der Waals surface area contributed by atoms with Crippen LogP contribution in [0.1, 0.15) is 19.2 Å². The minimum atomic E-state index is 0.161. The molecule has 0 atom stereocenters. The molecule has 2 aromatic rings. The molecule has 0 bridgehead atoms. The van der Waals surface area contributed by atoms with Crippen molar-refractivity contribution in [2.45, 2.75) is 26.4 Å². The smallest absolute Gasteiger partial charge is 0.123 e. The van der Waals surface area contributed by atoms with Crippen LogP contribution in [0.4, 0.5) is 0 Å². The van der Waals surface area contributed by atoms with Crippen molar-refractivity contribution in [3.63, 3.8) is 0 Å². The van der Waals surface area contributed by atoms with E-state index >= 15 is 0 Å². The third-order valence-corrected chi connectivity index (χ3v) is 2.75. The molecule has 2 rings (SSSR count). The summed E-state index contributed by atoms with van der Waals surface area (Å²) >= 11 is 0. The van der Waals surface area contributed by atoms with Crippen LogP contribution in [0.5, 0.6) is 0 Å². The molecular weight excluding hydrogens is 214 g/mol. The van der Waals surface area contributed by atoms with Crippen molar-refractivity contribution in [1.29, 1.82) is 0 Å². The standard InChI is InChI=1S/C13H19N3O/c1-2-8-16-12-6-4-3-5-11(12)15-13(16)10-14-7-9-17/h3-6,14,17H,2,7-10H2,1H3. The molecule has 0 aliphatic carbocycles. The number of aliphatic hydroxyl groups excluding tert-OH is 1. The van der Waals surface area contributed by atoms with Gasteiger partial charge in [0.25, 0.3) is 0 Å². The van der Waals surface area contributed by atoms with E-state index in [2.05, 4.69) is 27.9 Å². The predicted octanol–water partition coefficient (Wildman–Crippen LogP) is 1.53. The lowest BCUT2D eigenvalue weighted by Crippen LogP contribution is -2.20. The molecule has 0 radical (unpaired) electrons. The Balaban J connectivity index is 2.29. The van der Waals surface area contributed by atoms with E-state index in [1.54, 1.807) is 0 Å². The van der Waals surface area contributed by atoms with Gasteiger partial charge in [-0.2, -0.15) is 0 Å². The summed E-state index contributed by atoms with van der Waals surface area (Å²) in [4.78, 5) is 4.62. The number of benzene rings is 1. The third-order valence-electron chi connectivity index (χ3n) is 2.75. The van der Waals surface area contributed by atoms with E-state index < -0.39 is 0 Å². The monoisotopic (exact) mass is 233 g/mol. The van der Waals surface area contributed by atoms with Crippen LogP contribution >= 0.6 is 0 Å². The van der Waals surface area contributed by atoms with Crippen molar-refractivity contribution in [2.24, 2.45) is 0 Å². The van der Waals surface area contributed by atoms with Crippen molar-refractivity contribution in [2.75, 3.05) is 13.2 Å². The SMILES string of the molecule is CCCn1c(CNCCO)nc2ccccc21. The highest BCUT2D eigenvalue weighted by Gasteiger charge is 2.08. The first kappa shape index (κ1) is 12.1. The van der Waals surface area contributed by atoms with E-state index in [0.717, 1.165) is 24.3 Å². The second-order valence-electron chi connectivity index (χ2n) is 4.07. The van der Waals surface area contributed by atoms with Crippen LogP contribution in [0.2, 0.25) is 0 Å². The molecule has 92 valence electrons. The normalized spacial score (nSPS) is 11.2. The first-order valence-electron chi connectivity index (χ1n) is 6.12. The number of nitrogens with zero attached hydrogens (tertiary/aromatic N) is 2. The summed E-state index contributed by atoms with van der Waals surface area (Å²) < 4.78 is 2.25. The van der Waals surface area contributed by atoms with E-state index in [-0.39, 0.29) is 6.61 Å². The average molecular weight is 233 g/mol. The summed E-state index contributed by atoms with van der Waals surface area (Å²) in [6.45, 7) is 4.62. The first-order valence-corrected chi connectivity index (χ1v) is 6.12. The van der Waals surface area contributed by atoms with E-state index in [0.29, 0.717) is 13.1 Å². The zero-order valence-electron chi connectivity index (χ0n) is 10.2. The van der Waals surface area contributed by atoms with Crippen LogP contribution in [0.25, 0.3) is 11.0 Å². The number of aromatic nitrogens is 2. The van der Waals surface area contributed by atoms with E-state index in [1.807, 2.05) is 18.2 Å². The highest BCUT2D eigenvalue weighted by Crippen LogP contribution is 2.16. The Morgan fingerprint density at radius 3 is 2.94 bits per heavy atom. The van der Waals surface area contributed by atoms with Crippen molar-refractivity contribution >= 4 is 11.0 Å². The molecule has 0 aliphatic heterocycles. The summed E-state index contributed by atoms with van der Waals surface area (Å²) in [7, 11) is 0. The van der Waals surface area contributed by atoms with Crippen LogP contribution in [-0.2, 0) is 13.1 Å². The minimum absolute atomic E-state index is 0.161. The van der Waals surface area contributed by atoms with Gasteiger partial charge < -0.3 is 15.0 Å². The highest BCUT2D eigenvalue weighted by molar-refractivity contribution is 5.75. The summed E-state index contributed by atoms with van der Waals surface area (Å²) in [5.41, 5.74) is 2.23. The van der Waals surface area contributed by atoms with Gasteiger partial charge >= 0.3 is 0 Å². The van der Waals surface area contributed by atoms with Gasteiger partial charge in [-0.3, -0.25) is 0 Å². The van der Waals surface area contributed by atoms with Crippen LogP contribution in [0, 0.1) is 0 Å². The molecule has 0 unspecified atom stereocenters. The minimum Gasteiger partial charge on any atom is -0.395 e. The lowest BCUT2D eigenvalue weighted by atomic mass is 10.3. The Morgan fingerprint density at radius 1 is 1.35 bits per heavy atom. The Labute approximate surface area is 101 Å². The Morgan fingerprint density at radius 2 is 2.18 bits per heavy atom. The fourth-order valence-corrected chi connectivity index (χ4v) is 2.01. The number of hydrogen-bond acceptors (Lipinski definition) is 3. The van der Waals surface area contributed by atoms with Gasteiger partial charge in [-0.25, -0.2) is 4.98 Å². The molecule has 4 nitrogen and oxygen atoms in total. The van der Waals surface area contributed by atoms with Gasteiger partial charge in [0, 0.05) is 13.1 Å². The van der Waals surface area contributed by atoms with E-state index in [1.165, 1.54) is 5.52 Å². The van der Waals surface area contributed by atoms with Gasteiger partial charge in [0.1, 0.15) is 5.82 Å². The molecule has 0 saturated heterocycles. The lowest BCUT2D eigenvalue weighted by Gasteiger charge is -2.08. The quantitative estimate of drug-likeness (QED) is 0.744. The molecule has 1 aromatic heterocycles. The van der Waals surface area contributed by atoms with Gasteiger partial charge in [0.05, 0.1) is 24.2 Å². The highest BCUT2D eigenvalue weighted by atomic mass is 16.3.